The maximum absolute atomic E-state index is 10.8. The highest BCUT2D eigenvalue weighted by Gasteiger charge is 2.17. The van der Waals surface area contributed by atoms with E-state index in [2.05, 4.69) is 17.2 Å². The third-order valence-corrected chi connectivity index (χ3v) is 4.15. The van der Waals surface area contributed by atoms with Gasteiger partial charge in [-0.3, -0.25) is 15.1 Å². The van der Waals surface area contributed by atoms with Crippen molar-refractivity contribution in [3.63, 3.8) is 0 Å². The fourth-order valence-corrected chi connectivity index (χ4v) is 2.90. The van der Waals surface area contributed by atoms with Crippen LogP contribution in [-0.4, -0.2) is 15.0 Å². The van der Waals surface area contributed by atoms with Gasteiger partial charge in [-0.05, 0) is 24.6 Å². The maximum Gasteiger partial charge on any atom is 0.269 e. The van der Waals surface area contributed by atoms with E-state index in [-0.39, 0.29) is 17.5 Å². The van der Waals surface area contributed by atoms with Crippen LogP contribution in [0.4, 0.5) is 11.4 Å². The van der Waals surface area contributed by atoms with Crippen molar-refractivity contribution in [2.75, 3.05) is 5.32 Å². The zero-order valence-corrected chi connectivity index (χ0v) is 13.8. The molecule has 0 saturated carbocycles. The van der Waals surface area contributed by atoms with E-state index < -0.39 is 4.92 Å². The van der Waals surface area contributed by atoms with Crippen molar-refractivity contribution in [3.8, 4) is 5.75 Å². The average molecular weight is 337 g/mol. The summed E-state index contributed by atoms with van der Waals surface area (Å²) in [4.78, 5) is 14.6. The largest absolute Gasteiger partial charge is 0.505 e. The highest BCUT2D eigenvalue weighted by molar-refractivity contribution is 5.85. The van der Waals surface area contributed by atoms with Gasteiger partial charge in [-0.1, -0.05) is 31.5 Å². The summed E-state index contributed by atoms with van der Waals surface area (Å²) < 4.78 is 0. The summed E-state index contributed by atoms with van der Waals surface area (Å²) in [6.45, 7) is 2.07. The number of non-ortho nitro benzene ring substituents is 1. The van der Waals surface area contributed by atoms with E-state index in [1.54, 1.807) is 18.3 Å². The Morgan fingerprint density at radius 1 is 1.20 bits per heavy atom. The second kappa shape index (κ2) is 7.17. The fraction of sp³-hybridized carbons (Fsp3) is 0.211. The molecule has 3 rings (SSSR count). The van der Waals surface area contributed by atoms with Gasteiger partial charge in [-0.15, -0.1) is 0 Å². The summed E-state index contributed by atoms with van der Waals surface area (Å²) in [5.41, 5.74) is 2.16. The number of rotatable bonds is 6. The predicted octanol–water partition coefficient (Wildman–Crippen LogP) is 4.80. The van der Waals surface area contributed by atoms with Gasteiger partial charge in [0.2, 0.25) is 0 Å². The topological polar surface area (TPSA) is 88.3 Å². The van der Waals surface area contributed by atoms with Gasteiger partial charge in [0.05, 0.1) is 11.0 Å². The van der Waals surface area contributed by atoms with Crippen LogP contribution >= 0.6 is 0 Å². The lowest BCUT2D eigenvalue weighted by Crippen LogP contribution is -2.11. The van der Waals surface area contributed by atoms with Crippen LogP contribution in [0.15, 0.2) is 54.7 Å². The van der Waals surface area contributed by atoms with Gasteiger partial charge >= 0.3 is 0 Å². The van der Waals surface area contributed by atoms with Crippen molar-refractivity contribution >= 4 is 22.3 Å². The Morgan fingerprint density at radius 2 is 1.96 bits per heavy atom. The minimum Gasteiger partial charge on any atom is -0.505 e. The summed E-state index contributed by atoms with van der Waals surface area (Å²) in [5, 5.41) is 25.7. The monoisotopic (exact) mass is 337 g/mol. The summed E-state index contributed by atoms with van der Waals surface area (Å²) >= 11 is 0. The molecular formula is C19H19N3O3. The second-order valence-electron chi connectivity index (χ2n) is 5.87. The first-order chi connectivity index (χ1) is 12.1. The molecular weight excluding hydrogens is 318 g/mol. The van der Waals surface area contributed by atoms with Crippen molar-refractivity contribution < 1.29 is 10.0 Å². The normalized spacial score (nSPS) is 12.0. The Balaban J connectivity index is 1.93. The van der Waals surface area contributed by atoms with Gasteiger partial charge in [-0.25, -0.2) is 0 Å². The second-order valence-corrected chi connectivity index (χ2v) is 5.87. The van der Waals surface area contributed by atoms with Crippen molar-refractivity contribution in [1.82, 2.24) is 4.98 Å². The van der Waals surface area contributed by atoms with Crippen LogP contribution in [0.2, 0.25) is 0 Å². The molecule has 2 N–H and O–H groups in total. The van der Waals surface area contributed by atoms with E-state index >= 15 is 0 Å². The van der Waals surface area contributed by atoms with E-state index in [0.717, 1.165) is 29.5 Å². The first-order valence-corrected chi connectivity index (χ1v) is 8.17. The molecule has 1 atom stereocenters. The number of phenolic OH excluding ortho intramolecular Hbond substituents is 1. The van der Waals surface area contributed by atoms with Gasteiger partial charge < -0.3 is 10.4 Å². The molecule has 0 aliphatic carbocycles. The molecule has 6 nitrogen and oxygen atoms in total. The van der Waals surface area contributed by atoms with Crippen molar-refractivity contribution in [2.24, 2.45) is 0 Å². The number of benzene rings is 2. The number of aromatic nitrogens is 1. The summed E-state index contributed by atoms with van der Waals surface area (Å²) in [6, 6.07) is 13.8. The summed E-state index contributed by atoms with van der Waals surface area (Å²) in [7, 11) is 0. The van der Waals surface area contributed by atoms with Crippen molar-refractivity contribution in [1.29, 1.82) is 0 Å². The maximum atomic E-state index is 10.8. The van der Waals surface area contributed by atoms with Crippen molar-refractivity contribution in [3.05, 3.63) is 70.4 Å². The van der Waals surface area contributed by atoms with Crippen LogP contribution in [0.5, 0.6) is 5.75 Å². The molecule has 0 amide bonds. The zero-order chi connectivity index (χ0) is 17.8. The van der Waals surface area contributed by atoms with E-state index in [0.29, 0.717) is 5.52 Å². The highest BCUT2D eigenvalue weighted by Crippen LogP contribution is 2.35. The minimum atomic E-state index is -0.422. The standard InChI is InChI=1S/C19H19N3O3/c1-2-4-17(21-14-7-9-15(10-8-14)22(24)25)16-11-6-13-5-3-12-20-18(13)19(16)23/h3,5-12,17,21,23H,2,4H2,1H3. The molecule has 3 aromatic rings. The number of pyridine rings is 1. The van der Waals surface area contributed by atoms with Crippen LogP contribution in [0.25, 0.3) is 10.9 Å². The lowest BCUT2D eigenvalue weighted by Gasteiger charge is -2.21. The molecule has 128 valence electrons. The molecule has 1 aromatic heterocycles. The number of hydrogen-bond acceptors (Lipinski definition) is 5. The molecule has 2 aromatic carbocycles. The van der Waals surface area contributed by atoms with Crippen molar-refractivity contribution in [2.45, 2.75) is 25.8 Å². The Kier molecular flexibility index (Phi) is 4.79. The lowest BCUT2D eigenvalue weighted by atomic mass is 9.99. The first-order valence-electron chi connectivity index (χ1n) is 8.17. The third-order valence-electron chi connectivity index (χ3n) is 4.15. The molecule has 6 heteroatoms. The molecule has 25 heavy (non-hydrogen) atoms. The molecule has 1 unspecified atom stereocenters. The Bertz CT molecular complexity index is 894. The van der Waals surface area contributed by atoms with E-state index in [9.17, 15) is 15.2 Å². The number of nitro groups is 1. The third kappa shape index (κ3) is 3.52. The van der Waals surface area contributed by atoms with Crippen LogP contribution in [-0.2, 0) is 0 Å². The SMILES string of the molecule is CCCC(Nc1ccc([N+](=O)[O-])cc1)c1ccc2cccnc2c1O. The van der Waals surface area contributed by atoms with E-state index in [1.165, 1.54) is 12.1 Å². The molecule has 1 heterocycles. The Hall–Kier alpha value is -3.15. The average Bonchev–Trinajstić information content (AvgIpc) is 2.62. The predicted molar refractivity (Wildman–Crippen MR) is 97.8 cm³/mol. The number of nitro benzene ring substituents is 1. The number of fused-ring (bicyclic) bond motifs is 1. The number of aromatic hydroxyl groups is 1. The highest BCUT2D eigenvalue weighted by atomic mass is 16.6. The molecule has 0 spiro atoms. The van der Waals surface area contributed by atoms with Gasteiger partial charge in [0, 0.05) is 35.0 Å². The number of anilines is 1. The Labute approximate surface area is 145 Å². The zero-order valence-electron chi connectivity index (χ0n) is 13.8. The summed E-state index contributed by atoms with van der Waals surface area (Å²) in [6.07, 6.45) is 3.39. The quantitative estimate of drug-likeness (QED) is 0.498. The summed E-state index contributed by atoms with van der Waals surface area (Å²) in [5.74, 6) is 0.172. The molecule has 0 saturated heterocycles. The molecule has 0 aliphatic rings. The van der Waals surface area contributed by atoms with Crippen LogP contribution in [0.1, 0.15) is 31.4 Å². The van der Waals surface area contributed by atoms with Gasteiger partial charge in [0.1, 0.15) is 11.3 Å². The van der Waals surface area contributed by atoms with Crippen LogP contribution < -0.4 is 5.32 Å². The number of nitrogens with zero attached hydrogens (tertiary/aromatic N) is 2. The molecule has 0 fully saturated rings. The van der Waals surface area contributed by atoms with Crippen LogP contribution in [0.3, 0.4) is 0 Å². The Morgan fingerprint density at radius 3 is 2.64 bits per heavy atom. The van der Waals surface area contributed by atoms with E-state index in [4.69, 9.17) is 0 Å². The van der Waals surface area contributed by atoms with Crippen LogP contribution in [0, 0.1) is 10.1 Å². The molecule has 0 bridgehead atoms. The first kappa shape index (κ1) is 16.7. The minimum absolute atomic E-state index is 0.0512. The van der Waals surface area contributed by atoms with Gasteiger partial charge in [-0.2, -0.15) is 0 Å². The van der Waals surface area contributed by atoms with Gasteiger partial charge in [0.15, 0.2) is 0 Å². The van der Waals surface area contributed by atoms with E-state index in [1.807, 2.05) is 24.3 Å². The smallest absolute Gasteiger partial charge is 0.269 e. The number of hydrogen-bond donors (Lipinski definition) is 2. The van der Waals surface area contributed by atoms with Gasteiger partial charge in [0.25, 0.3) is 5.69 Å². The number of nitrogens with one attached hydrogen (secondary N) is 1. The number of phenols is 1. The molecule has 0 aliphatic heterocycles. The molecule has 0 radical (unpaired) electrons. The fourth-order valence-electron chi connectivity index (χ4n) is 2.90. The lowest BCUT2D eigenvalue weighted by molar-refractivity contribution is -0.384.